The van der Waals surface area contributed by atoms with Crippen LogP contribution in [-0.4, -0.2) is 20.9 Å². The van der Waals surface area contributed by atoms with Crippen LogP contribution in [0.5, 0.6) is 0 Å². The molecule has 4 aromatic rings. The predicted octanol–water partition coefficient (Wildman–Crippen LogP) is 4.47. The summed E-state index contributed by atoms with van der Waals surface area (Å²) in [6.45, 7) is -0.265. The van der Waals surface area contributed by atoms with E-state index in [1.54, 1.807) is 18.2 Å². The van der Waals surface area contributed by atoms with Gasteiger partial charge in [0.1, 0.15) is 6.54 Å². The van der Waals surface area contributed by atoms with Crippen molar-refractivity contribution in [3.05, 3.63) is 75.0 Å². The van der Waals surface area contributed by atoms with Gasteiger partial charge in [0.2, 0.25) is 5.91 Å². The lowest BCUT2D eigenvalue weighted by Gasteiger charge is -2.07. The predicted molar refractivity (Wildman–Crippen MR) is 112 cm³/mol. The molecule has 6 nitrogen and oxygen atoms in total. The molecule has 0 fully saturated rings. The van der Waals surface area contributed by atoms with Crippen LogP contribution in [0, 0.1) is 0 Å². The summed E-state index contributed by atoms with van der Waals surface area (Å²) in [6.07, 6.45) is 0. The monoisotopic (exact) mass is 430 g/mol. The highest BCUT2D eigenvalue weighted by Gasteiger charge is 2.14. The molecule has 0 radical (unpaired) electrons. The van der Waals surface area contributed by atoms with Crippen LogP contribution in [0.2, 0.25) is 10.0 Å². The number of thiophene rings is 1. The number of anilines is 1. The molecule has 9 heteroatoms. The fraction of sp³-hybridized carbons (Fsp3) is 0.0526. The molecule has 1 amide bonds. The van der Waals surface area contributed by atoms with E-state index in [4.69, 9.17) is 23.2 Å². The number of fused-ring (bicyclic) bond motifs is 1. The fourth-order valence-corrected chi connectivity index (χ4v) is 3.91. The van der Waals surface area contributed by atoms with Crippen LogP contribution in [0.4, 0.5) is 5.69 Å². The molecule has 0 spiro atoms. The van der Waals surface area contributed by atoms with E-state index in [1.165, 1.54) is 17.4 Å². The molecule has 0 unspecified atom stereocenters. The van der Waals surface area contributed by atoms with Gasteiger partial charge < -0.3 is 5.32 Å². The molecule has 140 valence electrons. The van der Waals surface area contributed by atoms with Gasteiger partial charge in [-0.1, -0.05) is 58.7 Å². The molecule has 2 heterocycles. The van der Waals surface area contributed by atoms with Crippen LogP contribution in [0.3, 0.4) is 0 Å². The first-order chi connectivity index (χ1) is 13.5. The maximum Gasteiger partial charge on any atom is 0.279 e. The number of hydrogen-bond acceptors (Lipinski definition) is 5. The molecule has 4 rings (SSSR count). The van der Waals surface area contributed by atoms with Gasteiger partial charge in [-0.2, -0.15) is 0 Å². The van der Waals surface area contributed by atoms with E-state index in [1.807, 2.05) is 30.3 Å². The van der Waals surface area contributed by atoms with Gasteiger partial charge in [0.15, 0.2) is 4.83 Å². The summed E-state index contributed by atoms with van der Waals surface area (Å²) in [5.41, 5.74) is 1.10. The first-order valence-corrected chi connectivity index (χ1v) is 9.76. The maximum absolute atomic E-state index is 12.7. The number of rotatable bonds is 4. The van der Waals surface area contributed by atoms with Crippen LogP contribution in [0.1, 0.15) is 0 Å². The van der Waals surface area contributed by atoms with Crippen molar-refractivity contribution in [2.24, 2.45) is 0 Å². The van der Waals surface area contributed by atoms with Crippen molar-refractivity contribution < 1.29 is 4.79 Å². The SMILES string of the molecule is O=C(Cn1nnc2sc(-c3ccccc3)cc2c1=O)Nc1ccc(Cl)c(Cl)c1. The van der Waals surface area contributed by atoms with Gasteiger partial charge in [0.25, 0.3) is 5.56 Å². The second-order valence-corrected chi connectivity index (χ2v) is 7.77. The van der Waals surface area contributed by atoms with Crippen LogP contribution >= 0.6 is 34.5 Å². The van der Waals surface area contributed by atoms with Gasteiger partial charge in [-0.15, -0.1) is 16.4 Å². The van der Waals surface area contributed by atoms with Crippen LogP contribution < -0.4 is 10.9 Å². The molecule has 0 aliphatic carbocycles. The number of carbonyl (C=O) groups is 1. The highest BCUT2D eigenvalue weighted by molar-refractivity contribution is 7.21. The number of hydrogen-bond donors (Lipinski definition) is 1. The molecule has 28 heavy (non-hydrogen) atoms. The molecule has 0 saturated carbocycles. The first-order valence-electron chi connectivity index (χ1n) is 8.19. The summed E-state index contributed by atoms with van der Waals surface area (Å²) in [4.78, 5) is 26.4. The van der Waals surface area contributed by atoms with Gasteiger partial charge in [-0.3, -0.25) is 9.59 Å². The second kappa shape index (κ2) is 7.71. The van der Waals surface area contributed by atoms with Crippen LogP contribution in [-0.2, 0) is 11.3 Å². The Morgan fingerprint density at radius 1 is 1.07 bits per heavy atom. The lowest BCUT2D eigenvalue weighted by atomic mass is 10.2. The number of nitrogens with zero attached hydrogens (tertiary/aromatic N) is 3. The normalized spacial score (nSPS) is 10.9. The van der Waals surface area contributed by atoms with Gasteiger partial charge in [0.05, 0.1) is 15.4 Å². The smallest absolute Gasteiger partial charge is 0.279 e. The fourth-order valence-electron chi connectivity index (χ4n) is 2.64. The summed E-state index contributed by atoms with van der Waals surface area (Å²) < 4.78 is 1.04. The summed E-state index contributed by atoms with van der Waals surface area (Å²) in [5, 5.41) is 11.8. The maximum atomic E-state index is 12.7. The van der Waals surface area contributed by atoms with Crippen molar-refractivity contribution in [1.82, 2.24) is 15.0 Å². The molecule has 2 aromatic carbocycles. The third-order valence-electron chi connectivity index (χ3n) is 3.98. The Balaban J connectivity index is 1.58. The Kier molecular flexibility index (Phi) is 5.13. The Morgan fingerprint density at radius 3 is 2.61 bits per heavy atom. The summed E-state index contributed by atoms with van der Waals surface area (Å²) in [7, 11) is 0. The molecule has 0 aliphatic heterocycles. The highest BCUT2D eigenvalue weighted by atomic mass is 35.5. The number of benzene rings is 2. The van der Waals surface area contributed by atoms with Gasteiger partial charge in [0, 0.05) is 10.6 Å². The van der Waals surface area contributed by atoms with Crippen LogP contribution in [0.25, 0.3) is 20.7 Å². The summed E-state index contributed by atoms with van der Waals surface area (Å²) >= 11 is 13.2. The molecular weight excluding hydrogens is 419 g/mol. The summed E-state index contributed by atoms with van der Waals surface area (Å²) in [6, 6.07) is 16.2. The molecule has 0 aliphatic rings. The standard InChI is InChI=1S/C19H12Cl2N4O2S/c20-14-7-6-12(8-15(14)21)22-17(26)10-25-19(27)13-9-16(28-18(13)23-24-25)11-4-2-1-3-5-11/h1-9H,10H2,(H,22,26). The molecule has 0 atom stereocenters. The van der Waals surface area contributed by atoms with Gasteiger partial charge in [-0.05, 0) is 29.8 Å². The average Bonchev–Trinajstić information content (AvgIpc) is 3.13. The van der Waals surface area contributed by atoms with Crippen molar-refractivity contribution in [1.29, 1.82) is 0 Å². The molecule has 1 N–H and O–H groups in total. The minimum atomic E-state index is -0.423. The zero-order valence-electron chi connectivity index (χ0n) is 14.2. The Hall–Kier alpha value is -2.74. The van der Waals surface area contributed by atoms with Crippen molar-refractivity contribution >= 4 is 56.3 Å². The second-order valence-electron chi connectivity index (χ2n) is 5.92. The average molecular weight is 431 g/mol. The minimum absolute atomic E-state index is 0.265. The van der Waals surface area contributed by atoms with Crippen molar-refractivity contribution in [2.45, 2.75) is 6.54 Å². The topological polar surface area (TPSA) is 76.9 Å². The third kappa shape index (κ3) is 3.77. The van der Waals surface area contributed by atoms with Gasteiger partial charge in [-0.25, -0.2) is 4.68 Å². The number of nitrogens with one attached hydrogen (secondary N) is 1. The number of amides is 1. The van der Waals surface area contributed by atoms with Crippen LogP contribution in [0.15, 0.2) is 59.4 Å². The number of aromatic nitrogens is 3. The molecular formula is C19H12Cl2N4O2S. The Labute approximate surface area is 173 Å². The number of halogens is 2. The van der Waals surface area contributed by atoms with E-state index in [9.17, 15) is 9.59 Å². The zero-order chi connectivity index (χ0) is 19.7. The molecule has 0 saturated heterocycles. The largest absolute Gasteiger partial charge is 0.324 e. The minimum Gasteiger partial charge on any atom is -0.324 e. The van der Waals surface area contributed by atoms with E-state index >= 15 is 0 Å². The lowest BCUT2D eigenvalue weighted by Crippen LogP contribution is -2.30. The van der Waals surface area contributed by atoms with E-state index in [0.717, 1.165) is 15.1 Å². The van der Waals surface area contributed by atoms with Crippen molar-refractivity contribution in [3.8, 4) is 10.4 Å². The first kappa shape index (κ1) is 18.6. The summed E-state index contributed by atoms with van der Waals surface area (Å²) in [5.74, 6) is -0.423. The quantitative estimate of drug-likeness (QED) is 0.518. The van der Waals surface area contributed by atoms with Crippen molar-refractivity contribution in [3.63, 3.8) is 0 Å². The van der Waals surface area contributed by atoms with E-state index in [-0.39, 0.29) is 12.1 Å². The lowest BCUT2D eigenvalue weighted by molar-refractivity contribution is -0.117. The molecule has 2 aromatic heterocycles. The Morgan fingerprint density at radius 2 is 1.86 bits per heavy atom. The Bertz CT molecular complexity index is 1240. The third-order valence-corrected chi connectivity index (χ3v) is 5.78. The molecule has 0 bridgehead atoms. The van der Waals surface area contributed by atoms with E-state index in [0.29, 0.717) is 25.9 Å². The van der Waals surface area contributed by atoms with Gasteiger partial charge >= 0.3 is 0 Å². The highest BCUT2D eigenvalue weighted by Crippen LogP contribution is 2.30. The number of carbonyl (C=O) groups excluding carboxylic acids is 1. The van der Waals surface area contributed by atoms with E-state index < -0.39 is 5.91 Å². The van der Waals surface area contributed by atoms with E-state index in [2.05, 4.69) is 15.6 Å². The van der Waals surface area contributed by atoms with Crippen molar-refractivity contribution in [2.75, 3.05) is 5.32 Å². The zero-order valence-corrected chi connectivity index (χ0v) is 16.6.